The van der Waals surface area contributed by atoms with E-state index < -0.39 is 0 Å². The number of aryl methyl sites for hydroxylation is 1. The van der Waals surface area contributed by atoms with Gasteiger partial charge in [-0.1, -0.05) is 12.1 Å². The molecule has 0 aliphatic heterocycles. The first-order valence-electron chi connectivity index (χ1n) is 3.96. The molecular formula is C8H14N2OS. The van der Waals surface area contributed by atoms with Crippen LogP contribution in [0, 0.1) is 6.92 Å². The molecule has 2 N–H and O–H groups in total. The molecule has 1 unspecified atom stereocenters. The largest absolute Gasteiger partial charge is 0.361 e. The fourth-order valence-corrected chi connectivity index (χ4v) is 1.51. The molecule has 3 nitrogen and oxygen atoms in total. The molecular weight excluding hydrogens is 172 g/mol. The van der Waals surface area contributed by atoms with E-state index in [0.29, 0.717) is 11.8 Å². The van der Waals surface area contributed by atoms with E-state index in [0.717, 1.165) is 17.2 Å². The summed E-state index contributed by atoms with van der Waals surface area (Å²) >= 11 is 1.80. The van der Waals surface area contributed by atoms with Crippen molar-refractivity contribution in [1.29, 1.82) is 0 Å². The lowest BCUT2D eigenvalue weighted by molar-refractivity contribution is 0.393. The molecule has 0 aliphatic rings. The molecule has 1 atom stereocenters. The predicted octanol–water partition coefficient (Wildman–Crippen LogP) is 1.56. The fraction of sp³-hybridized carbons (Fsp3) is 0.625. The summed E-state index contributed by atoms with van der Waals surface area (Å²) in [6, 6.07) is 1.95. The molecule has 1 aromatic rings. The molecule has 4 heteroatoms. The second-order valence-corrected chi connectivity index (χ2v) is 4.21. The van der Waals surface area contributed by atoms with E-state index in [1.54, 1.807) is 11.8 Å². The summed E-state index contributed by atoms with van der Waals surface area (Å²) in [6.45, 7) is 4.71. The number of nitrogens with two attached hydrogens (primary N) is 1. The Labute approximate surface area is 76.7 Å². The molecule has 0 spiro atoms. The second kappa shape index (κ2) is 4.52. The Hall–Kier alpha value is -0.480. The molecule has 0 aliphatic carbocycles. The molecule has 0 fully saturated rings. The topological polar surface area (TPSA) is 52.0 Å². The Morgan fingerprint density at radius 1 is 1.75 bits per heavy atom. The highest BCUT2D eigenvalue weighted by atomic mass is 32.2. The maximum Gasteiger partial charge on any atom is 0.133 e. The van der Waals surface area contributed by atoms with Gasteiger partial charge in [-0.2, -0.15) is 11.8 Å². The van der Waals surface area contributed by atoms with Gasteiger partial charge in [-0.3, -0.25) is 0 Å². The highest BCUT2D eigenvalue weighted by molar-refractivity contribution is 7.99. The van der Waals surface area contributed by atoms with E-state index in [4.69, 9.17) is 10.3 Å². The van der Waals surface area contributed by atoms with Crippen LogP contribution in [0.5, 0.6) is 0 Å². The van der Waals surface area contributed by atoms with Crippen molar-refractivity contribution in [2.45, 2.75) is 24.9 Å². The van der Waals surface area contributed by atoms with Crippen LogP contribution in [0.25, 0.3) is 0 Å². The van der Waals surface area contributed by atoms with Crippen LogP contribution >= 0.6 is 11.8 Å². The van der Waals surface area contributed by atoms with Crippen LogP contribution in [0.1, 0.15) is 18.4 Å². The number of hydrogen-bond donors (Lipinski definition) is 1. The van der Waals surface area contributed by atoms with Crippen molar-refractivity contribution in [3.05, 3.63) is 17.5 Å². The first-order chi connectivity index (χ1) is 5.72. The molecule has 1 aromatic heterocycles. The zero-order chi connectivity index (χ0) is 8.97. The number of thioether (sulfide) groups is 1. The van der Waals surface area contributed by atoms with Gasteiger partial charge in [0.1, 0.15) is 5.76 Å². The maximum absolute atomic E-state index is 5.48. The third-order valence-corrected chi connectivity index (χ3v) is 2.75. The molecule has 1 rings (SSSR count). The number of rotatable bonds is 4. The molecule has 0 bridgehead atoms. The Balaban J connectivity index is 2.33. The van der Waals surface area contributed by atoms with E-state index in [1.165, 1.54) is 0 Å². The summed E-state index contributed by atoms with van der Waals surface area (Å²) in [5, 5.41) is 4.37. The van der Waals surface area contributed by atoms with Gasteiger partial charge in [-0.15, -0.1) is 0 Å². The summed E-state index contributed by atoms with van der Waals surface area (Å²) in [6.07, 6.45) is 0. The minimum absolute atomic E-state index is 0.488. The van der Waals surface area contributed by atoms with E-state index in [-0.39, 0.29) is 0 Å². The molecule has 0 amide bonds. The summed E-state index contributed by atoms with van der Waals surface area (Å²) in [5.74, 6) is 1.75. The Morgan fingerprint density at radius 2 is 2.50 bits per heavy atom. The minimum atomic E-state index is 0.488. The third-order valence-electron chi connectivity index (χ3n) is 1.52. The summed E-state index contributed by atoms with van der Waals surface area (Å²) in [7, 11) is 0. The van der Waals surface area contributed by atoms with Gasteiger partial charge in [-0.25, -0.2) is 0 Å². The van der Waals surface area contributed by atoms with Gasteiger partial charge in [0.25, 0.3) is 0 Å². The number of nitrogens with zero attached hydrogens (tertiary/aromatic N) is 1. The fourth-order valence-electron chi connectivity index (χ4n) is 0.782. The first-order valence-corrected chi connectivity index (χ1v) is 5.01. The third kappa shape index (κ3) is 2.87. The van der Waals surface area contributed by atoms with Gasteiger partial charge in [-0.05, 0) is 6.92 Å². The van der Waals surface area contributed by atoms with Gasteiger partial charge in [0.05, 0.1) is 5.69 Å². The molecule has 68 valence electrons. The van der Waals surface area contributed by atoms with Crippen molar-refractivity contribution >= 4 is 11.8 Å². The van der Waals surface area contributed by atoms with Crippen molar-refractivity contribution < 1.29 is 4.52 Å². The van der Waals surface area contributed by atoms with Crippen molar-refractivity contribution in [2.75, 3.05) is 6.54 Å². The van der Waals surface area contributed by atoms with E-state index in [9.17, 15) is 0 Å². The highest BCUT2D eigenvalue weighted by Gasteiger charge is 2.03. The Bertz CT molecular complexity index is 237. The molecule has 12 heavy (non-hydrogen) atoms. The zero-order valence-electron chi connectivity index (χ0n) is 7.41. The minimum Gasteiger partial charge on any atom is -0.361 e. The maximum atomic E-state index is 5.48. The van der Waals surface area contributed by atoms with Gasteiger partial charge >= 0.3 is 0 Å². The van der Waals surface area contributed by atoms with E-state index >= 15 is 0 Å². The van der Waals surface area contributed by atoms with Gasteiger partial charge in [0.15, 0.2) is 0 Å². The van der Waals surface area contributed by atoms with Gasteiger partial charge in [0.2, 0.25) is 0 Å². The number of aromatic nitrogens is 1. The molecule has 0 saturated carbocycles. The SMILES string of the molecule is Cc1cc(CSC(C)CN)no1. The van der Waals surface area contributed by atoms with Gasteiger partial charge < -0.3 is 10.3 Å². The van der Waals surface area contributed by atoms with Crippen molar-refractivity contribution in [3.8, 4) is 0 Å². The van der Waals surface area contributed by atoms with Crippen LogP contribution in [-0.2, 0) is 5.75 Å². The first kappa shape index (κ1) is 9.61. The summed E-state index contributed by atoms with van der Waals surface area (Å²) in [5.41, 5.74) is 6.47. The summed E-state index contributed by atoms with van der Waals surface area (Å²) < 4.78 is 4.94. The van der Waals surface area contributed by atoms with Crippen LogP contribution in [0.4, 0.5) is 0 Å². The van der Waals surface area contributed by atoms with Gasteiger partial charge in [0, 0.05) is 23.6 Å². The molecule has 0 aromatic carbocycles. The lowest BCUT2D eigenvalue weighted by atomic mass is 10.4. The smallest absolute Gasteiger partial charge is 0.133 e. The lowest BCUT2D eigenvalue weighted by Gasteiger charge is -2.04. The lowest BCUT2D eigenvalue weighted by Crippen LogP contribution is -2.12. The Kier molecular flexibility index (Phi) is 3.62. The number of hydrogen-bond acceptors (Lipinski definition) is 4. The molecule has 1 heterocycles. The van der Waals surface area contributed by atoms with Crippen LogP contribution in [0.2, 0.25) is 0 Å². The van der Waals surface area contributed by atoms with Crippen LogP contribution < -0.4 is 5.73 Å². The average molecular weight is 186 g/mol. The van der Waals surface area contributed by atoms with E-state index in [1.807, 2.05) is 13.0 Å². The highest BCUT2D eigenvalue weighted by Crippen LogP contribution is 2.16. The van der Waals surface area contributed by atoms with Crippen LogP contribution in [-0.4, -0.2) is 17.0 Å². The van der Waals surface area contributed by atoms with Crippen molar-refractivity contribution in [2.24, 2.45) is 5.73 Å². The Morgan fingerprint density at radius 3 is 3.00 bits per heavy atom. The predicted molar refractivity (Wildman–Crippen MR) is 51.1 cm³/mol. The second-order valence-electron chi connectivity index (χ2n) is 2.79. The van der Waals surface area contributed by atoms with Crippen LogP contribution in [0.15, 0.2) is 10.6 Å². The monoisotopic (exact) mass is 186 g/mol. The van der Waals surface area contributed by atoms with Crippen molar-refractivity contribution in [3.63, 3.8) is 0 Å². The average Bonchev–Trinajstić information content (AvgIpc) is 2.47. The normalized spacial score (nSPS) is 13.2. The quantitative estimate of drug-likeness (QED) is 0.775. The summed E-state index contributed by atoms with van der Waals surface area (Å²) in [4.78, 5) is 0. The molecule has 0 saturated heterocycles. The molecule has 0 radical (unpaired) electrons. The van der Waals surface area contributed by atoms with E-state index in [2.05, 4.69) is 12.1 Å². The standard InChI is InChI=1S/C8H14N2OS/c1-6-3-8(10-11-6)5-12-7(2)4-9/h3,7H,4-5,9H2,1-2H3. The van der Waals surface area contributed by atoms with Crippen LogP contribution in [0.3, 0.4) is 0 Å². The van der Waals surface area contributed by atoms with Crippen molar-refractivity contribution in [1.82, 2.24) is 5.16 Å². The zero-order valence-corrected chi connectivity index (χ0v) is 8.23.